The van der Waals surface area contributed by atoms with Crippen LogP contribution in [0.2, 0.25) is 0 Å². The van der Waals surface area contributed by atoms with Crippen molar-refractivity contribution in [1.29, 1.82) is 0 Å². The molecular weight excluding hydrogens is 218 g/mol. The van der Waals surface area contributed by atoms with Gasteiger partial charge in [-0.15, -0.1) is 0 Å². The van der Waals surface area contributed by atoms with Crippen molar-refractivity contribution >= 4 is 5.91 Å². The Morgan fingerprint density at radius 1 is 1.47 bits per heavy atom. The highest BCUT2D eigenvalue weighted by molar-refractivity contribution is 5.82. The van der Waals surface area contributed by atoms with Crippen LogP contribution in [0.15, 0.2) is 0 Å². The molecule has 1 saturated carbocycles. The number of nitrogens with zero attached hydrogens (tertiary/aromatic N) is 1. The molecule has 0 aromatic heterocycles. The minimum absolute atomic E-state index is 0.0906. The van der Waals surface area contributed by atoms with E-state index in [-0.39, 0.29) is 5.60 Å². The molecule has 4 nitrogen and oxygen atoms in total. The van der Waals surface area contributed by atoms with Crippen molar-refractivity contribution in [1.82, 2.24) is 4.90 Å². The lowest BCUT2D eigenvalue weighted by Crippen LogP contribution is -2.67. The predicted molar refractivity (Wildman–Crippen MR) is 62.6 cm³/mol. The Labute approximate surface area is 102 Å². The third kappa shape index (κ3) is 1.97. The van der Waals surface area contributed by atoms with E-state index in [2.05, 4.69) is 6.92 Å². The van der Waals surface area contributed by atoms with Crippen LogP contribution in [-0.2, 0) is 14.3 Å². The lowest BCUT2D eigenvalue weighted by atomic mass is 9.84. The number of likely N-dealkylation sites (tertiary alicyclic amines) is 1. The van der Waals surface area contributed by atoms with E-state index in [1.165, 1.54) is 0 Å². The molecule has 3 rings (SSSR count). The molecule has 0 aromatic rings. The maximum Gasteiger partial charge on any atom is 0.226 e. The van der Waals surface area contributed by atoms with Crippen molar-refractivity contribution in [2.45, 2.75) is 37.9 Å². The van der Waals surface area contributed by atoms with Crippen LogP contribution in [-0.4, -0.2) is 49.3 Å². The Balaban J connectivity index is 1.54. The number of carbonyl (C=O) groups is 1. The van der Waals surface area contributed by atoms with Crippen LogP contribution in [0.4, 0.5) is 0 Å². The summed E-state index contributed by atoms with van der Waals surface area (Å²) in [4.78, 5) is 14.0. The van der Waals surface area contributed by atoms with Gasteiger partial charge in [-0.25, -0.2) is 0 Å². The van der Waals surface area contributed by atoms with Crippen LogP contribution in [0.1, 0.15) is 26.2 Å². The van der Waals surface area contributed by atoms with Gasteiger partial charge in [0.15, 0.2) is 0 Å². The average molecular weight is 239 g/mol. The maximum atomic E-state index is 12.0. The SMILES string of the molecule is CO[C@@H]1CCOC2(C1)CN(C(=O)[C@@H]1C[C@H]1C)C2. The molecular formula is C13H21NO3. The van der Waals surface area contributed by atoms with Gasteiger partial charge in [0.2, 0.25) is 5.91 Å². The molecule has 1 aliphatic carbocycles. The first-order chi connectivity index (χ1) is 8.13. The van der Waals surface area contributed by atoms with Gasteiger partial charge >= 0.3 is 0 Å². The van der Waals surface area contributed by atoms with E-state index >= 15 is 0 Å². The second-order valence-corrected chi connectivity index (χ2v) is 5.90. The Kier molecular flexibility index (Phi) is 2.67. The van der Waals surface area contributed by atoms with Gasteiger partial charge in [-0.3, -0.25) is 4.79 Å². The minimum atomic E-state index is -0.0906. The van der Waals surface area contributed by atoms with E-state index < -0.39 is 0 Å². The lowest BCUT2D eigenvalue weighted by Gasteiger charge is -2.53. The van der Waals surface area contributed by atoms with Gasteiger partial charge in [0, 0.05) is 26.1 Å². The Bertz CT molecular complexity index is 325. The number of rotatable bonds is 2. The van der Waals surface area contributed by atoms with E-state index in [1.807, 2.05) is 4.90 Å². The number of hydrogen-bond donors (Lipinski definition) is 0. The summed E-state index contributed by atoms with van der Waals surface area (Å²) in [7, 11) is 1.76. The van der Waals surface area contributed by atoms with E-state index in [0.717, 1.165) is 39.0 Å². The molecule has 3 aliphatic rings. The molecule has 1 amide bonds. The van der Waals surface area contributed by atoms with E-state index in [1.54, 1.807) is 7.11 Å². The fourth-order valence-corrected chi connectivity index (χ4v) is 3.11. The molecule has 0 bridgehead atoms. The molecule has 0 aromatic carbocycles. The van der Waals surface area contributed by atoms with Gasteiger partial charge in [-0.2, -0.15) is 0 Å². The van der Waals surface area contributed by atoms with Gasteiger partial charge in [0.25, 0.3) is 0 Å². The third-order valence-corrected chi connectivity index (χ3v) is 4.48. The zero-order valence-corrected chi connectivity index (χ0v) is 10.6. The number of carbonyl (C=O) groups excluding carboxylic acids is 1. The topological polar surface area (TPSA) is 38.8 Å². The minimum Gasteiger partial charge on any atom is -0.381 e. The largest absolute Gasteiger partial charge is 0.381 e. The quantitative estimate of drug-likeness (QED) is 0.723. The van der Waals surface area contributed by atoms with Crippen molar-refractivity contribution < 1.29 is 14.3 Å². The molecule has 96 valence electrons. The van der Waals surface area contributed by atoms with Gasteiger partial charge in [-0.05, 0) is 18.8 Å². The molecule has 0 N–H and O–H groups in total. The third-order valence-electron chi connectivity index (χ3n) is 4.48. The molecule has 2 saturated heterocycles. The summed E-state index contributed by atoms with van der Waals surface area (Å²) in [6, 6.07) is 0. The summed E-state index contributed by atoms with van der Waals surface area (Å²) in [6.07, 6.45) is 3.30. The Morgan fingerprint density at radius 3 is 2.76 bits per heavy atom. The lowest BCUT2D eigenvalue weighted by molar-refractivity contribution is -0.199. The molecule has 1 spiro atoms. The first kappa shape index (κ1) is 11.5. The zero-order chi connectivity index (χ0) is 12.0. The molecule has 0 radical (unpaired) electrons. The normalized spacial score (nSPS) is 38.9. The van der Waals surface area contributed by atoms with E-state index in [9.17, 15) is 4.79 Å². The smallest absolute Gasteiger partial charge is 0.226 e. The molecule has 2 aliphatic heterocycles. The van der Waals surface area contributed by atoms with Gasteiger partial charge in [0.1, 0.15) is 5.60 Å². The van der Waals surface area contributed by atoms with Crippen molar-refractivity contribution in [3.8, 4) is 0 Å². The fraction of sp³-hybridized carbons (Fsp3) is 0.923. The van der Waals surface area contributed by atoms with Crippen LogP contribution < -0.4 is 0 Å². The summed E-state index contributed by atoms with van der Waals surface area (Å²) in [5.74, 6) is 1.23. The fourth-order valence-electron chi connectivity index (χ4n) is 3.11. The van der Waals surface area contributed by atoms with E-state index in [4.69, 9.17) is 9.47 Å². The summed E-state index contributed by atoms with van der Waals surface area (Å²) < 4.78 is 11.3. The summed E-state index contributed by atoms with van der Waals surface area (Å²) in [6.45, 7) is 4.46. The number of amides is 1. The van der Waals surface area contributed by atoms with Gasteiger partial charge < -0.3 is 14.4 Å². The second-order valence-electron chi connectivity index (χ2n) is 5.90. The number of methoxy groups -OCH3 is 1. The van der Waals surface area contributed by atoms with Crippen molar-refractivity contribution in [2.24, 2.45) is 11.8 Å². The van der Waals surface area contributed by atoms with Crippen molar-refractivity contribution in [3.05, 3.63) is 0 Å². The van der Waals surface area contributed by atoms with Crippen LogP contribution in [0.25, 0.3) is 0 Å². The Morgan fingerprint density at radius 2 is 2.18 bits per heavy atom. The summed E-state index contributed by atoms with van der Waals surface area (Å²) in [5.41, 5.74) is -0.0906. The summed E-state index contributed by atoms with van der Waals surface area (Å²) in [5, 5.41) is 0. The number of hydrogen-bond acceptors (Lipinski definition) is 3. The molecule has 4 heteroatoms. The number of ether oxygens (including phenoxy) is 2. The molecule has 0 unspecified atom stereocenters. The monoisotopic (exact) mass is 239 g/mol. The molecule has 2 heterocycles. The predicted octanol–water partition coefficient (Wildman–Crippen LogP) is 1.05. The molecule has 17 heavy (non-hydrogen) atoms. The first-order valence-electron chi connectivity index (χ1n) is 6.59. The average Bonchev–Trinajstić information content (AvgIpc) is 3.02. The Hall–Kier alpha value is -0.610. The van der Waals surface area contributed by atoms with Crippen LogP contribution in [0.5, 0.6) is 0 Å². The highest BCUT2D eigenvalue weighted by Crippen LogP contribution is 2.43. The highest BCUT2D eigenvalue weighted by atomic mass is 16.5. The molecule has 3 fully saturated rings. The first-order valence-corrected chi connectivity index (χ1v) is 6.59. The zero-order valence-electron chi connectivity index (χ0n) is 10.6. The van der Waals surface area contributed by atoms with Crippen LogP contribution in [0, 0.1) is 11.8 Å². The second kappa shape index (κ2) is 3.95. The highest BCUT2D eigenvalue weighted by Gasteiger charge is 2.52. The maximum absolute atomic E-state index is 12.0. The van der Waals surface area contributed by atoms with Gasteiger partial charge in [-0.1, -0.05) is 6.92 Å². The standard InChI is InChI=1S/C13H21NO3/c1-9-5-11(9)12(15)14-7-13(8-14)6-10(16-2)3-4-17-13/h9-11H,3-8H2,1-2H3/t9-,10-,11-/m1/s1. The van der Waals surface area contributed by atoms with Crippen LogP contribution in [0.3, 0.4) is 0 Å². The molecule has 3 atom stereocenters. The van der Waals surface area contributed by atoms with Crippen molar-refractivity contribution in [2.75, 3.05) is 26.8 Å². The van der Waals surface area contributed by atoms with Crippen LogP contribution >= 0.6 is 0 Å². The summed E-state index contributed by atoms with van der Waals surface area (Å²) >= 11 is 0. The van der Waals surface area contributed by atoms with Crippen molar-refractivity contribution in [3.63, 3.8) is 0 Å². The van der Waals surface area contributed by atoms with E-state index in [0.29, 0.717) is 23.8 Å². The van der Waals surface area contributed by atoms with Gasteiger partial charge in [0.05, 0.1) is 19.2 Å².